The van der Waals surface area contributed by atoms with Gasteiger partial charge in [0.2, 0.25) is 0 Å². The maximum atomic E-state index is 12.9. The van der Waals surface area contributed by atoms with Crippen molar-refractivity contribution >= 4 is 23.8 Å². The topological polar surface area (TPSA) is 114 Å². The van der Waals surface area contributed by atoms with Gasteiger partial charge in [0.25, 0.3) is 5.91 Å². The van der Waals surface area contributed by atoms with E-state index in [1.807, 2.05) is 36.4 Å². The number of aliphatic carboxylic acids is 1. The van der Waals surface area contributed by atoms with Crippen LogP contribution < -0.4 is 5.32 Å². The van der Waals surface area contributed by atoms with Gasteiger partial charge in [0.1, 0.15) is 12.2 Å². The van der Waals surface area contributed by atoms with Crippen molar-refractivity contribution in [2.24, 2.45) is 7.05 Å². The maximum absolute atomic E-state index is 12.9. The van der Waals surface area contributed by atoms with E-state index in [0.717, 1.165) is 22.3 Å². The van der Waals surface area contributed by atoms with Crippen LogP contribution in [0, 0.1) is 0 Å². The molecule has 1 aromatic heterocycles. The summed E-state index contributed by atoms with van der Waals surface area (Å²) >= 11 is 0. The highest BCUT2D eigenvalue weighted by Gasteiger charge is 2.29. The number of rotatable bonds is 8. The van der Waals surface area contributed by atoms with E-state index in [4.69, 9.17) is 9.84 Å². The van der Waals surface area contributed by atoms with Crippen LogP contribution in [0.15, 0.2) is 54.7 Å². The van der Waals surface area contributed by atoms with E-state index in [2.05, 4.69) is 22.5 Å². The number of carbonyl (C=O) groups excluding carboxylic acids is 2. The number of nitrogens with zero attached hydrogens (tertiary/aromatic N) is 3. The first kappa shape index (κ1) is 23.0. The number of carboxylic acid groups (broad SMARTS) is 1. The Morgan fingerprint density at radius 1 is 1.09 bits per heavy atom. The lowest BCUT2D eigenvalue weighted by molar-refractivity contribution is -0.137. The van der Waals surface area contributed by atoms with Gasteiger partial charge in [-0.1, -0.05) is 48.5 Å². The number of nitrogens with one attached hydrogen (secondary N) is 1. The molecule has 0 bridgehead atoms. The zero-order valence-corrected chi connectivity index (χ0v) is 19.0. The average Bonchev–Trinajstić information content (AvgIpc) is 3.35. The summed E-state index contributed by atoms with van der Waals surface area (Å²) in [5, 5.41) is 15.7. The van der Waals surface area contributed by atoms with Crippen molar-refractivity contribution in [2.75, 3.05) is 25.0 Å². The van der Waals surface area contributed by atoms with E-state index in [0.29, 0.717) is 6.54 Å². The zero-order valence-electron chi connectivity index (χ0n) is 19.0. The molecular formula is C25H26N4O5. The zero-order chi connectivity index (χ0) is 24.2. The van der Waals surface area contributed by atoms with Gasteiger partial charge in [-0.05, 0) is 29.2 Å². The Morgan fingerprint density at radius 2 is 1.71 bits per heavy atom. The molecule has 3 aromatic rings. The standard InChI is InChI=1S/C25H26N4O5/c1-3-29(13-12-22(30)31)24(32)20-14-28(2)27-23(20)26-25(33)34-15-21-18-10-6-4-8-16(18)17-9-5-7-11-19(17)21/h4-11,14,21H,3,12-13,15H2,1-2H3,(H,30,31)(H,26,27,33). The van der Waals surface area contributed by atoms with E-state index < -0.39 is 18.0 Å². The normalized spacial score (nSPS) is 12.1. The minimum absolute atomic E-state index is 0.0595. The summed E-state index contributed by atoms with van der Waals surface area (Å²) in [7, 11) is 1.63. The first-order chi connectivity index (χ1) is 16.4. The number of aromatic nitrogens is 2. The molecule has 9 nitrogen and oxygen atoms in total. The lowest BCUT2D eigenvalue weighted by Crippen LogP contribution is -2.33. The van der Waals surface area contributed by atoms with Crippen molar-refractivity contribution in [3.63, 3.8) is 0 Å². The van der Waals surface area contributed by atoms with Crippen LogP contribution in [0.5, 0.6) is 0 Å². The Bertz CT molecular complexity index is 1190. The summed E-state index contributed by atoms with van der Waals surface area (Å²) in [5.41, 5.74) is 4.63. The van der Waals surface area contributed by atoms with Crippen molar-refractivity contribution in [1.82, 2.24) is 14.7 Å². The first-order valence-electron chi connectivity index (χ1n) is 11.1. The van der Waals surface area contributed by atoms with Gasteiger partial charge in [0.15, 0.2) is 5.82 Å². The molecule has 0 fully saturated rings. The van der Waals surface area contributed by atoms with Gasteiger partial charge in [-0.2, -0.15) is 5.10 Å². The van der Waals surface area contributed by atoms with Crippen LogP contribution in [-0.4, -0.2) is 57.5 Å². The summed E-state index contributed by atoms with van der Waals surface area (Å²) in [4.78, 5) is 37.9. The fourth-order valence-electron chi connectivity index (χ4n) is 4.27. The van der Waals surface area contributed by atoms with Crippen LogP contribution in [0.1, 0.15) is 40.7 Å². The molecule has 34 heavy (non-hydrogen) atoms. The first-order valence-corrected chi connectivity index (χ1v) is 11.1. The van der Waals surface area contributed by atoms with E-state index in [-0.39, 0.29) is 36.9 Å². The van der Waals surface area contributed by atoms with Gasteiger partial charge in [-0.3, -0.25) is 19.6 Å². The minimum atomic E-state index is -0.991. The second kappa shape index (κ2) is 9.78. The number of ether oxygens (including phenoxy) is 1. The highest BCUT2D eigenvalue weighted by Crippen LogP contribution is 2.44. The van der Waals surface area contributed by atoms with Crippen molar-refractivity contribution < 1.29 is 24.2 Å². The molecule has 1 aliphatic carbocycles. The molecular weight excluding hydrogens is 436 g/mol. The number of fused-ring (bicyclic) bond motifs is 3. The van der Waals surface area contributed by atoms with Gasteiger partial charge >= 0.3 is 12.1 Å². The van der Waals surface area contributed by atoms with Crippen LogP contribution in [-0.2, 0) is 16.6 Å². The largest absolute Gasteiger partial charge is 0.481 e. The van der Waals surface area contributed by atoms with E-state index >= 15 is 0 Å². The number of aryl methyl sites for hydroxylation is 1. The van der Waals surface area contributed by atoms with Gasteiger partial charge in [0, 0.05) is 32.3 Å². The summed E-state index contributed by atoms with van der Waals surface area (Å²) in [6.45, 7) is 2.28. The summed E-state index contributed by atoms with van der Waals surface area (Å²) in [6.07, 6.45) is 0.600. The monoisotopic (exact) mass is 462 g/mol. The summed E-state index contributed by atoms with van der Waals surface area (Å²) in [6, 6.07) is 16.1. The fraction of sp³-hybridized carbons (Fsp3) is 0.280. The van der Waals surface area contributed by atoms with Gasteiger partial charge in [-0.25, -0.2) is 4.79 Å². The molecule has 0 aliphatic heterocycles. The molecule has 0 spiro atoms. The second-order valence-electron chi connectivity index (χ2n) is 8.04. The van der Waals surface area contributed by atoms with Crippen LogP contribution in [0.4, 0.5) is 10.6 Å². The molecule has 1 aliphatic rings. The third-order valence-electron chi connectivity index (χ3n) is 5.89. The van der Waals surface area contributed by atoms with E-state index in [1.165, 1.54) is 15.8 Å². The van der Waals surface area contributed by atoms with Crippen LogP contribution in [0.3, 0.4) is 0 Å². The predicted octanol–water partition coefficient (Wildman–Crippen LogP) is 3.72. The number of benzene rings is 2. The Balaban J connectivity index is 1.46. The number of hydrogen-bond donors (Lipinski definition) is 2. The van der Waals surface area contributed by atoms with Crippen molar-refractivity contribution in [3.8, 4) is 11.1 Å². The van der Waals surface area contributed by atoms with Gasteiger partial charge in [0.05, 0.1) is 6.42 Å². The Morgan fingerprint density at radius 3 is 2.29 bits per heavy atom. The molecule has 0 radical (unpaired) electrons. The number of amides is 2. The molecule has 1 heterocycles. The second-order valence-corrected chi connectivity index (χ2v) is 8.04. The highest BCUT2D eigenvalue weighted by atomic mass is 16.5. The highest BCUT2D eigenvalue weighted by molar-refractivity contribution is 6.01. The van der Waals surface area contributed by atoms with Crippen molar-refractivity contribution in [2.45, 2.75) is 19.3 Å². The molecule has 2 aromatic carbocycles. The number of hydrogen-bond acceptors (Lipinski definition) is 5. The molecule has 176 valence electrons. The summed E-state index contributed by atoms with van der Waals surface area (Å²) in [5.74, 6) is -1.42. The fourth-order valence-corrected chi connectivity index (χ4v) is 4.27. The SMILES string of the molecule is CCN(CCC(=O)O)C(=O)c1cn(C)nc1NC(=O)OCC1c2ccccc2-c2ccccc21. The number of carboxylic acids is 1. The maximum Gasteiger partial charge on any atom is 0.412 e. The lowest BCUT2D eigenvalue weighted by Gasteiger charge is -2.19. The summed E-state index contributed by atoms with van der Waals surface area (Å²) < 4.78 is 6.97. The minimum Gasteiger partial charge on any atom is -0.481 e. The van der Waals surface area contributed by atoms with Crippen molar-refractivity contribution in [3.05, 3.63) is 71.4 Å². The number of carbonyl (C=O) groups is 3. The predicted molar refractivity (Wildman–Crippen MR) is 126 cm³/mol. The van der Waals surface area contributed by atoms with Gasteiger partial charge in [-0.15, -0.1) is 0 Å². The quantitative estimate of drug-likeness (QED) is 0.527. The third kappa shape index (κ3) is 4.63. The van der Waals surface area contributed by atoms with Gasteiger partial charge < -0.3 is 14.7 Å². The number of anilines is 1. The molecule has 2 N–H and O–H groups in total. The molecule has 9 heteroatoms. The smallest absolute Gasteiger partial charge is 0.412 e. The molecule has 0 atom stereocenters. The molecule has 0 saturated heterocycles. The van der Waals surface area contributed by atoms with Crippen LogP contribution >= 0.6 is 0 Å². The Labute approximate surface area is 196 Å². The van der Waals surface area contributed by atoms with E-state index in [9.17, 15) is 14.4 Å². The van der Waals surface area contributed by atoms with Crippen molar-refractivity contribution in [1.29, 1.82) is 0 Å². The van der Waals surface area contributed by atoms with E-state index in [1.54, 1.807) is 14.0 Å². The molecule has 4 rings (SSSR count). The molecule has 0 unspecified atom stereocenters. The molecule has 2 amide bonds. The van der Waals surface area contributed by atoms with Crippen LogP contribution in [0.25, 0.3) is 11.1 Å². The average molecular weight is 463 g/mol. The third-order valence-corrected chi connectivity index (χ3v) is 5.89. The lowest BCUT2D eigenvalue weighted by atomic mass is 9.98. The molecule has 0 saturated carbocycles. The Hall–Kier alpha value is -4.14. The van der Waals surface area contributed by atoms with Crippen LogP contribution in [0.2, 0.25) is 0 Å². The Kier molecular flexibility index (Phi) is 6.62.